The number of anilines is 1. The van der Waals surface area contributed by atoms with Crippen molar-refractivity contribution in [3.8, 4) is 0 Å². The fourth-order valence-corrected chi connectivity index (χ4v) is 3.74. The maximum absolute atomic E-state index is 14.5. The predicted octanol–water partition coefficient (Wildman–Crippen LogP) is 11.2. The van der Waals surface area contributed by atoms with Gasteiger partial charge in [-0.3, -0.25) is 0 Å². The van der Waals surface area contributed by atoms with Crippen molar-refractivity contribution in [2.75, 3.05) is 11.9 Å². The molecular formula is C23H8F31NO2. The van der Waals surface area contributed by atoms with Crippen LogP contribution in [0.3, 0.4) is 0 Å². The van der Waals surface area contributed by atoms with Crippen LogP contribution in [0.15, 0.2) is 24.3 Å². The van der Waals surface area contributed by atoms with Crippen molar-refractivity contribution in [3.05, 3.63) is 29.8 Å². The molecule has 0 aromatic heterocycles. The Labute approximate surface area is 289 Å². The molecule has 0 unspecified atom stereocenters. The van der Waals surface area contributed by atoms with Gasteiger partial charge in [0.15, 0.2) is 0 Å². The minimum Gasteiger partial charge on any atom is -0.478 e. The number of nitrogens with zero attached hydrogens (tertiary/aromatic N) is 1. The molecule has 1 aromatic carbocycles. The second-order valence-electron chi connectivity index (χ2n) is 10.9. The molecule has 0 fully saturated rings. The van der Waals surface area contributed by atoms with Crippen LogP contribution in [0.5, 0.6) is 0 Å². The van der Waals surface area contributed by atoms with Crippen molar-refractivity contribution in [2.45, 2.75) is 89.2 Å². The van der Waals surface area contributed by atoms with Gasteiger partial charge < -0.3 is 10.0 Å². The first-order chi connectivity index (χ1) is 24.3. The third-order valence-corrected chi connectivity index (χ3v) is 7.39. The van der Waals surface area contributed by atoms with Crippen LogP contribution in [-0.4, -0.2) is 107 Å². The quantitative estimate of drug-likeness (QED) is 0.133. The third kappa shape index (κ3) is 6.19. The van der Waals surface area contributed by atoms with Gasteiger partial charge in [0.05, 0.1) is 5.56 Å². The minimum absolute atomic E-state index is 0.104. The fourth-order valence-electron chi connectivity index (χ4n) is 3.74. The number of halogens is 31. The van der Waals surface area contributed by atoms with Gasteiger partial charge in [-0.2, -0.15) is 136 Å². The maximum Gasteiger partial charge on any atom is 0.460 e. The lowest BCUT2D eigenvalue weighted by atomic mass is 9.83. The molecule has 0 spiro atoms. The maximum atomic E-state index is 14.5. The van der Waals surface area contributed by atoms with E-state index in [0.29, 0.717) is 0 Å². The lowest BCUT2D eigenvalue weighted by Gasteiger charge is -2.47. The number of aromatic carboxylic acids is 1. The molecule has 3 nitrogen and oxygen atoms in total. The summed E-state index contributed by atoms with van der Waals surface area (Å²) in [5.41, 5.74) is -2.74. The van der Waals surface area contributed by atoms with Gasteiger partial charge >= 0.3 is 95.2 Å². The van der Waals surface area contributed by atoms with E-state index in [1.54, 1.807) is 0 Å². The van der Waals surface area contributed by atoms with Crippen LogP contribution in [0.1, 0.15) is 10.4 Å². The van der Waals surface area contributed by atoms with Crippen molar-refractivity contribution in [1.82, 2.24) is 0 Å². The van der Waals surface area contributed by atoms with E-state index < -0.39 is 118 Å². The first-order valence-corrected chi connectivity index (χ1v) is 12.8. The minimum atomic E-state index is -10.1. The highest BCUT2D eigenvalue weighted by atomic mass is 19.4. The Hall–Kier alpha value is -3.68. The predicted molar refractivity (Wildman–Crippen MR) is 117 cm³/mol. The molecule has 0 radical (unpaired) electrons. The average Bonchev–Trinajstić information content (AvgIpc) is 3.02. The smallest absolute Gasteiger partial charge is 0.460 e. The standard InChI is InChI=1S/C23H8F31NO2/c1-55(7-4-2-6(3-5-7)8(56)57)23(53,54)21(48,49)19(44,45)17(40,41)15(36,37)13(32,33)11(28,29)9(24,25)10(26,27)12(30,31)14(34,35)16(38,39)18(42,43)20(46,47)22(50,51)52/h2-5H,1H3,(H,56,57). The number of hydrogen-bond acceptors (Lipinski definition) is 2. The van der Waals surface area contributed by atoms with Gasteiger partial charge in [-0.25, -0.2) is 4.79 Å². The van der Waals surface area contributed by atoms with E-state index in [2.05, 4.69) is 0 Å². The summed E-state index contributed by atoms with van der Waals surface area (Å²) in [5, 5.41) is 8.66. The first kappa shape index (κ1) is 51.3. The van der Waals surface area contributed by atoms with Crippen molar-refractivity contribution < 1.29 is 146 Å². The first-order valence-electron chi connectivity index (χ1n) is 12.8. The molecule has 0 amide bonds. The molecular weight excluding hydrogens is 911 g/mol. The zero-order valence-corrected chi connectivity index (χ0v) is 25.3. The average molecular weight is 919 g/mol. The monoisotopic (exact) mass is 919 g/mol. The number of benzene rings is 1. The Morgan fingerprint density at radius 1 is 0.368 bits per heavy atom. The summed E-state index contributed by atoms with van der Waals surface area (Å²) in [4.78, 5) is 9.03. The Morgan fingerprint density at radius 3 is 0.754 bits per heavy atom. The van der Waals surface area contributed by atoms with Gasteiger partial charge in [-0.05, 0) is 24.3 Å². The SMILES string of the molecule is CN(c1ccc(C(=O)O)cc1)C(F)(F)C(F)(F)C(F)(F)C(F)(F)C(F)(F)C(F)(F)C(F)(F)C(F)(F)C(F)(F)C(F)(F)C(F)(F)C(F)(F)C(F)(F)C(F)(F)C(F)(F)F. The molecule has 0 saturated carbocycles. The van der Waals surface area contributed by atoms with Crippen molar-refractivity contribution in [1.29, 1.82) is 0 Å². The molecule has 0 bridgehead atoms. The van der Waals surface area contributed by atoms with Crippen molar-refractivity contribution >= 4 is 11.7 Å². The molecule has 34 heteroatoms. The molecule has 0 atom stereocenters. The summed E-state index contributed by atoms with van der Waals surface area (Å²) in [6.07, 6.45) is -8.37. The number of carboxylic acid groups (broad SMARTS) is 1. The van der Waals surface area contributed by atoms with E-state index >= 15 is 0 Å². The van der Waals surface area contributed by atoms with Crippen LogP contribution in [0.2, 0.25) is 0 Å². The van der Waals surface area contributed by atoms with Crippen LogP contribution in [0.25, 0.3) is 0 Å². The molecule has 1 rings (SSSR count). The van der Waals surface area contributed by atoms with Crippen LogP contribution < -0.4 is 4.90 Å². The molecule has 0 heterocycles. The fraction of sp³-hybridized carbons (Fsp3) is 0.696. The Kier molecular flexibility index (Phi) is 11.9. The van der Waals surface area contributed by atoms with Crippen LogP contribution >= 0.6 is 0 Å². The Balaban J connectivity index is 3.99. The number of carboxylic acids is 1. The van der Waals surface area contributed by atoms with E-state index in [1.807, 2.05) is 0 Å². The van der Waals surface area contributed by atoms with Crippen molar-refractivity contribution in [3.63, 3.8) is 0 Å². The molecule has 334 valence electrons. The van der Waals surface area contributed by atoms with Crippen LogP contribution in [0.4, 0.5) is 142 Å². The summed E-state index contributed by atoms with van der Waals surface area (Å²) in [6.45, 7) is 0. The van der Waals surface area contributed by atoms with Gasteiger partial charge in [0, 0.05) is 12.7 Å². The molecule has 1 aromatic rings. The summed E-state index contributed by atoms with van der Waals surface area (Å²) in [6, 6.07) is -7.29. The van der Waals surface area contributed by atoms with Gasteiger partial charge in [0.1, 0.15) is 0 Å². The van der Waals surface area contributed by atoms with E-state index in [-0.39, 0.29) is 24.3 Å². The third-order valence-electron chi connectivity index (χ3n) is 7.39. The van der Waals surface area contributed by atoms with Crippen LogP contribution in [0, 0.1) is 0 Å². The van der Waals surface area contributed by atoms with Gasteiger partial charge in [0.2, 0.25) is 0 Å². The largest absolute Gasteiger partial charge is 0.478 e. The summed E-state index contributed by atoms with van der Waals surface area (Å²) < 4.78 is 425. The topological polar surface area (TPSA) is 40.5 Å². The highest BCUT2D eigenvalue weighted by Gasteiger charge is 3.01. The Bertz CT molecular complexity index is 1640. The van der Waals surface area contributed by atoms with Gasteiger partial charge in [-0.1, -0.05) is 0 Å². The summed E-state index contributed by atoms with van der Waals surface area (Å²) >= 11 is 0. The molecule has 1 N–H and O–H groups in total. The van der Waals surface area contributed by atoms with E-state index in [1.165, 1.54) is 0 Å². The molecule has 0 aliphatic rings. The summed E-state index contributed by atoms with van der Waals surface area (Å²) in [7, 11) is -0.610. The molecule has 0 aliphatic heterocycles. The number of carbonyl (C=O) groups is 1. The lowest BCUT2D eigenvalue weighted by molar-refractivity contribution is -0.489. The van der Waals surface area contributed by atoms with E-state index in [0.717, 1.165) is 0 Å². The van der Waals surface area contributed by atoms with Gasteiger partial charge in [-0.15, -0.1) is 0 Å². The second-order valence-corrected chi connectivity index (χ2v) is 10.9. The zero-order chi connectivity index (χ0) is 46.6. The highest BCUT2D eigenvalue weighted by Crippen LogP contribution is 2.69. The second kappa shape index (κ2) is 13.2. The van der Waals surface area contributed by atoms with Crippen molar-refractivity contribution in [2.24, 2.45) is 0 Å². The van der Waals surface area contributed by atoms with Gasteiger partial charge in [0.25, 0.3) is 0 Å². The molecule has 0 saturated heterocycles. The lowest BCUT2D eigenvalue weighted by Crippen LogP contribution is -2.79. The highest BCUT2D eigenvalue weighted by molar-refractivity contribution is 5.88. The molecule has 57 heavy (non-hydrogen) atoms. The van der Waals surface area contributed by atoms with E-state index in [9.17, 15) is 141 Å². The normalized spacial score (nSPS) is 16.2. The zero-order valence-electron chi connectivity index (χ0n) is 25.3. The molecule has 0 aliphatic carbocycles. The summed E-state index contributed by atoms with van der Waals surface area (Å²) in [5.74, 6) is -127. The number of rotatable bonds is 16. The number of hydrogen-bond donors (Lipinski definition) is 1. The van der Waals surface area contributed by atoms with E-state index in [4.69, 9.17) is 5.11 Å². The van der Waals surface area contributed by atoms with Crippen LogP contribution in [-0.2, 0) is 0 Å². The number of alkyl halides is 31. The Morgan fingerprint density at radius 2 is 0.561 bits per heavy atom.